The van der Waals surface area contributed by atoms with Gasteiger partial charge in [-0.3, -0.25) is 4.79 Å². The smallest absolute Gasteiger partial charge is 0.410 e. The van der Waals surface area contributed by atoms with Gasteiger partial charge >= 0.3 is 6.18 Å². The number of amides is 1. The van der Waals surface area contributed by atoms with Gasteiger partial charge in [-0.2, -0.15) is 18.3 Å². The highest BCUT2D eigenvalue weighted by Crippen LogP contribution is 2.46. The first kappa shape index (κ1) is 23.7. The largest absolute Gasteiger partial charge is 0.493 e. The number of methoxy groups -OCH3 is 2. The standard InChI is InChI=1S/C23H22ClF3N4O3/c1-12-4-6-13(7-5-12)15-11-18(23(25,26)27)31-21(29-15)19(24)20(30-31)22(32)28-14-8-9-16(33-2)17(10-14)34-3/h4-10,15,18,29H,11H2,1-3H3,(H,28,32)/t15-,18+/m0/s1. The van der Waals surface area contributed by atoms with Crippen LogP contribution >= 0.6 is 11.6 Å². The number of aromatic nitrogens is 2. The van der Waals surface area contributed by atoms with Crippen LogP contribution in [0.3, 0.4) is 0 Å². The first-order chi connectivity index (χ1) is 16.1. The molecule has 0 saturated heterocycles. The van der Waals surface area contributed by atoms with Gasteiger partial charge in [0.2, 0.25) is 0 Å². The Labute approximate surface area is 198 Å². The van der Waals surface area contributed by atoms with Crippen molar-refractivity contribution in [2.45, 2.75) is 31.6 Å². The third kappa shape index (κ3) is 4.50. The van der Waals surface area contributed by atoms with Crippen molar-refractivity contribution in [1.82, 2.24) is 9.78 Å². The number of hydrogen-bond acceptors (Lipinski definition) is 5. The number of benzene rings is 2. The van der Waals surface area contributed by atoms with E-state index in [1.54, 1.807) is 24.3 Å². The maximum absolute atomic E-state index is 14.0. The molecule has 7 nitrogen and oxygen atoms in total. The molecule has 1 amide bonds. The van der Waals surface area contributed by atoms with Crippen molar-refractivity contribution in [2.75, 3.05) is 24.9 Å². The molecule has 34 heavy (non-hydrogen) atoms. The average Bonchev–Trinajstić information content (AvgIpc) is 3.14. The summed E-state index contributed by atoms with van der Waals surface area (Å²) in [6.07, 6.45) is -4.89. The molecule has 0 fully saturated rings. The summed E-state index contributed by atoms with van der Waals surface area (Å²) < 4.78 is 53.0. The highest BCUT2D eigenvalue weighted by molar-refractivity contribution is 6.36. The second-order valence-corrected chi connectivity index (χ2v) is 8.26. The minimum absolute atomic E-state index is 0.0571. The molecule has 2 aromatic carbocycles. The van der Waals surface area contributed by atoms with Crippen molar-refractivity contribution in [3.05, 3.63) is 64.3 Å². The van der Waals surface area contributed by atoms with Crippen molar-refractivity contribution in [1.29, 1.82) is 0 Å². The molecule has 2 N–H and O–H groups in total. The average molecular weight is 495 g/mol. The maximum Gasteiger partial charge on any atom is 0.410 e. The van der Waals surface area contributed by atoms with Gasteiger partial charge in [-0.1, -0.05) is 41.4 Å². The van der Waals surface area contributed by atoms with Crippen molar-refractivity contribution in [2.24, 2.45) is 0 Å². The van der Waals surface area contributed by atoms with Gasteiger partial charge in [0.1, 0.15) is 10.8 Å². The molecular formula is C23H22ClF3N4O3. The number of ether oxygens (including phenoxy) is 2. The first-order valence-electron chi connectivity index (χ1n) is 10.3. The van der Waals surface area contributed by atoms with Gasteiger partial charge in [-0.05, 0) is 24.6 Å². The lowest BCUT2D eigenvalue weighted by Gasteiger charge is -2.33. The summed E-state index contributed by atoms with van der Waals surface area (Å²) in [7, 11) is 2.91. The molecule has 0 bridgehead atoms. The zero-order valence-electron chi connectivity index (χ0n) is 18.5. The Morgan fingerprint density at radius 2 is 1.82 bits per heavy atom. The SMILES string of the molecule is COc1ccc(NC(=O)c2nn3c(c2Cl)N[C@H](c2ccc(C)cc2)C[C@@H]3C(F)(F)F)cc1OC. The number of nitrogens with one attached hydrogen (secondary N) is 2. The summed E-state index contributed by atoms with van der Waals surface area (Å²) in [6, 6.07) is 9.26. The lowest BCUT2D eigenvalue weighted by atomic mass is 9.96. The molecule has 2 atom stereocenters. The summed E-state index contributed by atoms with van der Waals surface area (Å²) in [4.78, 5) is 12.9. The van der Waals surface area contributed by atoms with Gasteiger partial charge in [0.25, 0.3) is 5.91 Å². The lowest BCUT2D eigenvalue weighted by Crippen LogP contribution is -2.35. The summed E-state index contributed by atoms with van der Waals surface area (Å²) in [5.74, 6) is 0.0117. The molecule has 0 spiro atoms. The number of fused-ring (bicyclic) bond motifs is 1. The summed E-state index contributed by atoms with van der Waals surface area (Å²) >= 11 is 6.38. The Hall–Kier alpha value is -3.40. The number of carbonyl (C=O) groups is 1. The number of halogens is 4. The van der Waals surface area contributed by atoms with Crippen LogP contribution in [0.5, 0.6) is 11.5 Å². The van der Waals surface area contributed by atoms with E-state index < -0.39 is 24.2 Å². The van der Waals surface area contributed by atoms with Crippen molar-refractivity contribution >= 4 is 29.0 Å². The second-order valence-electron chi connectivity index (χ2n) is 7.88. The predicted molar refractivity (Wildman–Crippen MR) is 122 cm³/mol. The fraction of sp³-hybridized carbons (Fsp3) is 0.304. The normalized spacial score (nSPS) is 17.5. The molecule has 0 aliphatic carbocycles. The van der Waals surface area contributed by atoms with Crippen LogP contribution < -0.4 is 20.1 Å². The van der Waals surface area contributed by atoms with Gasteiger partial charge in [-0.25, -0.2) is 4.68 Å². The number of anilines is 2. The van der Waals surface area contributed by atoms with Crippen molar-refractivity contribution in [3.63, 3.8) is 0 Å². The van der Waals surface area contributed by atoms with Crippen LogP contribution in [0.2, 0.25) is 5.02 Å². The zero-order valence-corrected chi connectivity index (χ0v) is 19.3. The summed E-state index contributed by atoms with van der Waals surface area (Å²) in [6.45, 7) is 1.89. The van der Waals surface area contributed by atoms with Gasteiger partial charge in [0.05, 0.1) is 20.3 Å². The molecule has 1 aliphatic rings. The molecule has 4 rings (SSSR count). The van der Waals surface area contributed by atoms with E-state index in [0.29, 0.717) is 22.7 Å². The van der Waals surface area contributed by atoms with E-state index in [0.717, 1.165) is 10.2 Å². The number of alkyl halides is 3. The Balaban J connectivity index is 1.67. The van der Waals surface area contributed by atoms with Crippen LogP contribution in [0, 0.1) is 6.92 Å². The lowest BCUT2D eigenvalue weighted by molar-refractivity contribution is -0.173. The summed E-state index contributed by atoms with van der Waals surface area (Å²) in [5.41, 5.74) is 1.68. The number of nitrogens with zero attached hydrogens (tertiary/aromatic N) is 2. The Morgan fingerprint density at radius 3 is 2.44 bits per heavy atom. The van der Waals surface area contributed by atoms with E-state index in [1.165, 1.54) is 20.3 Å². The monoisotopic (exact) mass is 494 g/mol. The van der Waals surface area contributed by atoms with Crippen molar-refractivity contribution in [3.8, 4) is 11.5 Å². The van der Waals surface area contributed by atoms with Gasteiger partial charge in [0, 0.05) is 18.2 Å². The minimum atomic E-state index is -4.59. The quantitative estimate of drug-likeness (QED) is 0.470. The molecule has 11 heteroatoms. The van der Waals surface area contributed by atoms with E-state index in [2.05, 4.69) is 15.7 Å². The topological polar surface area (TPSA) is 77.4 Å². The number of carbonyl (C=O) groups excluding carboxylic acids is 1. The fourth-order valence-corrected chi connectivity index (χ4v) is 4.12. The van der Waals surface area contributed by atoms with Crippen LogP contribution in [0.1, 0.15) is 40.1 Å². The third-order valence-electron chi connectivity index (χ3n) is 5.63. The van der Waals surface area contributed by atoms with E-state index >= 15 is 0 Å². The Bertz CT molecular complexity index is 1210. The number of hydrogen-bond donors (Lipinski definition) is 2. The van der Waals surface area contributed by atoms with E-state index in [-0.39, 0.29) is 23.0 Å². The zero-order chi connectivity index (χ0) is 24.6. The highest BCUT2D eigenvalue weighted by atomic mass is 35.5. The van der Waals surface area contributed by atoms with Crippen LogP contribution in [0.15, 0.2) is 42.5 Å². The fourth-order valence-electron chi connectivity index (χ4n) is 3.86. The van der Waals surface area contributed by atoms with Crippen LogP contribution in [-0.2, 0) is 0 Å². The molecule has 0 unspecified atom stereocenters. The molecule has 0 radical (unpaired) electrons. The third-order valence-corrected chi connectivity index (χ3v) is 5.99. The van der Waals surface area contributed by atoms with E-state index in [9.17, 15) is 18.0 Å². The molecule has 3 aromatic rings. The van der Waals surface area contributed by atoms with Gasteiger partial charge in [-0.15, -0.1) is 0 Å². The highest BCUT2D eigenvalue weighted by Gasteiger charge is 2.47. The second kappa shape index (κ2) is 9.09. The van der Waals surface area contributed by atoms with Crippen LogP contribution in [-0.4, -0.2) is 36.1 Å². The number of rotatable bonds is 5. The summed E-state index contributed by atoms with van der Waals surface area (Å²) in [5, 5.41) is 9.38. The van der Waals surface area contributed by atoms with Crippen molar-refractivity contribution < 1.29 is 27.4 Å². The molecule has 180 valence electrons. The Kier molecular flexibility index (Phi) is 6.35. The molecular weight excluding hydrogens is 473 g/mol. The first-order valence-corrected chi connectivity index (χ1v) is 10.7. The molecule has 0 saturated carbocycles. The van der Waals surface area contributed by atoms with E-state index in [1.807, 2.05) is 19.1 Å². The van der Waals surface area contributed by atoms with Gasteiger partial charge < -0.3 is 20.1 Å². The van der Waals surface area contributed by atoms with Gasteiger partial charge in [0.15, 0.2) is 23.2 Å². The maximum atomic E-state index is 14.0. The van der Waals surface area contributed by atoms with Crippen LogP contribution in [0.25, 0.3) is 0 Å². The minimum Gasteiger partial charge on any atom is -0.493 e. The predicted octanol–water partition coefficient (Wildman–Crippen LogP) is 5.77. The van der Waals surface area contributed by atoms with E-state index in [4.69, 9.17) is 21.1 Å². The Morgan fingerprint density at radius 1 is 1.15 bits per heavy atom. The molecule has 2 heterocycles. The number of aryl methyl sites for hydroxylation is 1. The molecule has 1 aromatic heterocycles. The molecule has 1 aliphatic heterocycles. The van der Waals surface area contributed by atoms with Crippen LogP contribution in [0.4, 0.5) is 24.7 Å².